The van der Waals surface area contributed by atoms with Gasteiger partial charge in [0.05, 0.1) is 17.3 Å². The molecule has 0 unspecified atom stereocenters. The number of carbonyl (C=O) groups excluding carboxylic acids is 1. The van der Waals surface area contributed by atoms with Crippen LogP contribution in [0.4, 0.5) is 4.39 Å². The molecule has 2 aromatic carbocycles. The average Bonchev–Trinajstić information content (AvgIpc) is 2.75. The number of ether oxygens (including phenoxy) is 1. The second-order valence-electron chi connectivity index (χ2n) is 7.70. The van der Waals surface area contributed by atoms with Crippen LogP contribution in [0, 0.1) is 11.7 Å². The summed E-state index contributed by atoms with van der Waals surface area (Å²) in [5.74, 6) is -0.156. The van der Waals surface area contributed by atoms with Gasteiger partial charge in [-0.05, 0) is 55.0 Å². The number of carbonyl (C=O) groups is 1. The number of halogens is 1. The molecule has 0 aliphatic carbocycles. The van der Waals surface area contributed by atoms with Crippen molar-refractivity contribution < 1.29 is 22.3 Å². The summed E-state index contributed by atoms with van der Waals surface area (Å²) in [6, 6.07) is 14.8. The Bertz CT molecular complexity index is 908. The van der Waals surface area contributed by atoms with Crippen LogP contribution in [0.3, 0.4) is 0 Å². The Labute approximate surface area is 177 Å². The lowest BCUT2D eigenvalue weighted by Crippen LogP contribution is -2.39. The highest BCUT2D eigenvalue weighted by molar-refractivity contribution is 7.91. The van der Waals surface area contributed by atoms with Crippen LogP contribution in [0.25, 0.3) is 0 Å². The van der Waals surface area contributed by atoms with Crippen molar-refractivity contribution >= 4 is 15.7 Å². The van der Waals surface area contributed by atoms with Gasteiger partial charge in [-0.3, -0.25) is 4.79 Å². The third kappa shape index (κ3) is 6.64. The van der Waals surface area contributed by atoms with Crippen LogP contribution in [0.5, 0.6) is 0 Å². The van der Waals surface area contributed by atoms with Crippen molar-refractivity contribution in [3.05, 3.63) is 66.0 Å². The predicted molar refractivity (Wildman–Crippen MR) is 113 cm³/mol. The molecule has 0 spiro atoms. The number of benzene rings is 2. The lowest BCUT2D eigenvalue weighted by atomic mass is 9.97. The van der Waals surface area contributed by atoms with Gasteiger partial charge in [0.15, 0.2) is 9.84 Å². The summed E-state index contributed by atoms with van der Waals surface area (Å²) in [6.07, 6.45) is 2.26. The number of sulfone groups is 1. The Morgan fingerprint density at radius 1 is 1.03 bits per heavy atom. The molecule has 162 valence electrons. The summed E-state index contributed by atoms with van der Waals surface area (Å²) >= 11 is 0. The molecule has 0 atom stereocenters. The monoisotopic (exact) mass is 433 g/mol. The van der Waals surface area contributed by atoms with E-state index in [0.29, 0.717) is 32.2 Å². The van der Waals surface area contributed by atoms with E-state index >= 15 is 0 Å². The maximum absolute atomic E-state index is 13.0. The van der Waals surface area contributed by atoms with E-state index in [1.54, 1.807) is 0 Å². The van der Waals surface area contributed by atoms with Crippen LogP contribution in [0.2, 0.25) is 0 Å². The van der Waals surface area contributed by atoms with E-state index in [0.717, 1.165) is 30.5 Å². The number of likely N-dealkylation sites (tertiary alicyclic amines) is 1. The van der Waals surface area contributed by atoms with Crippen LogP contribution < -0.4 is 0 Å². The zero-order chi connectivity index (χ0) is 21.4. The molecule has 1 heterocycles. The summed E-state index contributed by atoms with van der Waals surface area (Å²) in [6.45, 7) is 2.65. The number of hydrogen-bond donors (Lipinski definition) is 0. The normalized spacial score (nSPS) is 15.3. The first kappa shape index (κ1) is 22.4. The molecule has 0 saturated carbocycles. The van der Waals surface area contributed by atoms with E-state index in [9.17, 15) is 17.6 Å². The number of rotatable bonds is 9. The lowest BCUT2D eigenvalue weighted by Gasteiger charge is -2.32. The first-order valence-corrected chi connectivity index (χ1v) is 12.0. The van der Waals surface area contributed by atoms with Gasteiger partial charge in [0.1, 0.15) is 5.82 Å². The minimum Gasteiger partial charge on any atom is -0.376 e. The summed E-state index contributed by atoms with van der Waals surface area (Å²) in [7, 11) is -3.50. The van der Waals surface area contributed by atoms with Gasteiger partial charge in [0.2, 0.25) is 5.91 Å². The first-order valence-electron chi connectivity index (χ1n) is 10.3. The van der Waals surface area contributed by atoms with E-state index in [1.165, 1.54) is 12.1 Å². The van der Waals surface area contributed by atoms with Crippen molar-refractivity contribution in [2.75, 3.05) is 25.4 Å². The second-order valence-corrected chi connectivity index (χ2v) is 9.81. The van der Waals surface area contributed by atoms with Gasteiger partial charge < -0.3 is 9.64 Å². The average molecular weight is 434 g/mol. The maximum atomic E-state index is 13.0. The molecule has 5 nitrogen and oxygen atoms in total. The molecule has 1 amide bonds. The number of nitrogens with zero attached hydrogens (tertiary/aromatic N) is 1. The molecule has 1 aliphatic rings. The molecule has 0 aromatic heterocycles. The van der Waals surface area contributed by atoms with Crippen molar-refractivity contribution in [2.45, 2.75) is 37.2 Å². The van der Waals surface area contributed by atoms with Crippen molar-refractivity contribution in [3.8, 4) is 0 Å². The Morgan fingerprint density at radius 3 is 2.37 bits per heavy atom. The predicted octanol–water partition coefficient (Wildman–Crippen LogP) is 3.84. The highest BCUT2D eigenvalue weighted by Crippen LogP contribution is 2.20. The van der Waals surface area contributed by atoms with E-state index in [1.807, 2.05) is 35.2 Å². The largest absolute Gasteiger partial charge is 0.376 e. The summed E-state index contributed by atoms with van der Waals surface area (Å²) < 4.78 is 43.3. The Balaban J connectivity index is 1.34. The molecule has 30 heavy (non-hydrogen) atoms. The SMILES string of the molecule is O=C(CCCS(=O)(=O)c1ccc(F)cc1)N1CCC(COCc2ccccc2)CC1. The first-order chi connectivity index (χ1) is 14.4. The van der Waals surface area contributed by atoms with Gasteiger partial charge in [-0.15, -0.1) is 0 Å². The minimum absolute atomic E-state index is 0.00652. The smallest absolute Gasteiger partial charge is 0.222 e. The quantitative estimate of drug-likeness (QED) is 0.564. The number of amides is 1. The fourth-order valence-corrected chi connectivity index (χ4v) is 4.91. The van der Waals surface area contributed by atoms with Crippen LogP contribution >= 0.6 is 0 Å². The molecule has 3 rings (SSSR count). The standard InChI is InChI=1S/C23H28FNO4S/c24-21-8-10-22(11-9-21)30(27,28)16-4-7-23(26)25-14-12-20(13-15-25)18-29-17-19-5-2-1-3-6-19/h1-3,5-6,8-11,20H,4,7,12-18H2. The molecule has 0 radical (unpaired) electrons. The molecule has 0 N–H and O–H groups in total. The third-order valence-electron chi connectivity index (χ3n) is 5.41. The zero-order valence-electron chi connectivity index (χ0n) is 17.0. The van der Waals surface area contributed by atoms with Crippen LogP contribution in [0.1, 0.15) is 31.2 Å². The highest BCUT2D eigenvalue weighted by atomic mass is 32.2. The molecule has 1 aliphatic heterocycles. The van der Waals surface area contributed by atoms with E-state index in [-0.39, 0.29) is 29.4 Å². The number of piperidine rings is 1. The summed E-state index contributed by atoms with van der Waals surface area (Å²) in [5.41, 5.74) is 1.15. The molecular formula is C23H28FNO4S. The van der Waals surface area contributed by atoms with Gasteiger partial charge in [-0.2, -0.15) is 0 Å². The molecule has 0 bridgehead atoms. The second kappa shape index (κ2) is 10.7. The summed E-state index contributed by atoms with van der Waals surface area (Å²) in [4.78, 5) is 14.3. The fourth-order valence-electron chi connectivity index (χ4n) is 3.60. The van der Waals surface area contributed by atoms with E-state index < -0.39 is 15.7 Å². The molecule has 2 aromatic rings. The highest BCUT2D eigenvalue weighted by Gasteiger charge is 2.23. The van der Waals surface area contributed by atoms with Gasteiger partial charge in [0, 0.05) is 26.1 Å². The van der Waals surface area contributed by atoms with Crippen LogP contribution in [-0.2, 0) is 26.0 Å². The van der Waals surface area contributed by atoms with Crippen LogP contribution in [-0.4, -0.2) is 44.7 Å². The maximum Gasteiger partial charge on any atom is 0.222 e. The van der Waals surface area contributed by atoms with Gasteiger partial charge in [-0.25, -0.2) is 12.8 Å². The third-order valence-corrected chi connectivity index (χ3v) is 7.23. The molecule has 1 fully saturated rings. The number of hydrogen-bond acceptors (Lipinski definition) is 4. The fraction of sp³-hybridized carbons (Fsp3) is 0.435. The lowest BCUT2D eigenvalue weighted by molar-refractivity contribution is -0.132. The van der Waals surface area contributed by atoms with Crippen molar-refractivity contribution in [2.24, 2.45) is 5.92 Å². The van der Waals surface area contributed by atoms with Crippen molar-refractivity contribution in [1.29, 1.82) is 0 Å². The Hall–Kier alpha value is -2.25. The van der Waals surface area contributed by atoms with E-state index in [2.05, 4.69) is 0 Å². The van der Waals surface area contributed by atoms with Crippen molar-refractivity contribution in [1.82, 2.24) is 4.90 Å². The minimum atomic E-state index is -3.50. The van der Waals surface area contributed by atoms with Gasteiger partial charge in [0.25, 0.3) is 0 Å². The van der Waals surface area contributed by atoms with E-state index in [4.69, 9.17) is 4.74 Å². The molecule has 7 heteroatoms. The molecule has 1 saturated heterocycles. The zero-order valence-corrected chi connectivity index (χ0v) is 17.8. The Kier molecular flexibility index (Phi) is 7.99. The van der Waals surface area contributed by atoms with Gasteiger partial charge >= 0.3 is 0 Å². The van der Waals surface area contributed by atoms with Crippen LogP contribution in [0.15, 0.2) is 59.5 Å². The Morgan fingerprint density at radius 2 is 1.70 bits per heavy atom. The topological polar surface area (TPSA) is 63.7 Å². The van der Waals surface area contributed by atoms with Gasteiger partial charge in [-0.1, -0.05) is 30.3 Å². The summed E-state index contributed by atoms with van der Waals surface area (Å²) in [5, 5.41) is 0. The van der Waals surface area contributed by atoms with Crippen molar-refractivity contribution in [3.63, 3.8) is 0 Å². The molecular weight excluding hydrogens is 405 g/mol.